The monoisotopic (exact) mass is 193 g/mol. The highest BCUT2D eigenvalue weighted by Gasteiger charge is 2.59. The molecule has 3 fully saturated rings. The number of ether oxygens (including phenoxy) is 1. The zero-order valence-corrected chi connectivity index (χ0v) is 8.29. The predicted octanol–water partition coefficient (Wildman–Crippen LogP) is 0.954. The molecule has 3 saturated heterocycles. The molecule has 3 aliphatic rings. The second kappa shape index (κ2) is 2.60. The minimum Gasteiger partial charge on any atom is -0.465 e. The summed E-state index contributed by atoms with van der Waals surface area (Å²) in [5.74, 6) is -0.0168. The number of cyclic esters (lactones) is 1. The van der Waals surface area contributed by atoms with Crippen molar-refractivity contribution in [2.24, 2.45) is 5.41 Å². The molecular formula is C11H15NO2. The van der Waals surface area contributed by atoms with E-state index in [0.29, 0.717) is 12.6 Å². The highest BCUT2D eigenvalue weighted by atomic mass is 16.5. The Labute approximate surface area is 83.7 Å². The van der Waals surface area contributed by atoms with Crippen LogP contribution in [0.2, 0.25) is 0 Å². The number of carbonyl (C=O) groups excluding carboxylic acids is 1. The van der Waals surface area contributed by atoms with Crippen molar-refractivity contribution in [2.75, 3.05) is 19.7 Å². The van der Waals surface area contributed by atoms with Gasteiger partial charge in [0, 0.05) is 19.0 Å². The van der Waals surface area contributed by atoms with E-state index in [0.717, 1.165) is 31.5 Å². The normalized spacial score (nSPS) is 42.1. The summed E-state index contributed by atoms with van der Waals surface area (Å²) in [7, 11) is 0. The summed E-state index contributed by atoms with van der Waals surface area (Å²) < 4.78 is 5.14. The zero-order chi connectivity index (χ0) is 9.76. The van der Waals surface area contributed by atoms with Crippen LogP contribution in [0.25, 0.3) is 0 Å². The van der Waals surface area contributed by atoms with Crippen LogP contribution in [0.5, 0.6) is 0 Å². The number of fused-ring (bicyclic) bond motifs is 2. The Balaban J connectivity index is 2.04. The highest BCUT2D eigenvalue weighted by Crippen LogP contribution is 2.50. The van der Waals surface area contributed by atoms with E-state index >= 15 is 0 Å². The van der Waals surface area contributed by atoms with Gasteiger partial charge in [0.25, 0.3) is 0 Å². The predicted molar refractivity (Wildman–Crippen MR) is 51.7 cm³/mol. The Kier molecular flexibility index (Phi) is 1.57. The maximum atomic E-state index is 11.8. The third kappa shape index (κ3) is 0.793. The van der Waals surface area contributed by atoms with Crippen LogP contribution in [-0.4, -0.2) is 36.6 Å². The van der Waals surface area contributed by atoms with Gasteiger partial charge in [0.15, 0.2) is 0 Å². The molecule has 0 aliphatic carbocycles. The largest absolute Gasteiger partial charge is 0.465 e. The van der Waals surface area contributed by atoms with Crippen molar-refractivity contribution in [3.05, 3.63) is 12.2 Å². The molecule has 76 valence electrons. The fraction of sp³-hybridized carbons (Fsp3) is 0.727. The lowest BCUT2D eigenvalue weighted by atomic mass is 9.75. The van der Waals surface area contributed by atoms with Crippen LogP contribution >= 0.6 is 0 Å². The van der Waals surface area contributed by atoms with Crippen LogP contribution in [0.15, 0.2) is 12.2 Å². The summed E-state index contributed by atoms with van der Waals surface area (Å²) in [6, 6.07) is 0.394. The maximum absolute atomic E-state index is 11.8. The summed E-state index contributed by atoms with van der Waals surface area (Å²) in [5.41, 5.74) is 0.765. The number of rotatable bonds is 0. The summed E-state index contributed by atoms with van der Waals surface area (Å²) in [6.07, 6.45) is 3.20. The first kappa shape index (κ1) is 8.48. The second-order valence-corrected chi connectivity index (χ2v) is 4.59. The van der Waals surface area contributed by atoms with Gasteiger partial charge in [-0.25, -0.2) is 0 Å². The third-order valence-corrected chi connectivity index (χ3v) is 4.05. The number of hydrogen-bond acceptors (Lipinski definition) is 3. The topological polar surface area (TPSA) is 29.5 Å². The van der Waals surface area contributed by atoms with Gasteiger partial charge in [0.2, 0.25) is 0 Å². The molecule has 0 unspecified atom stereocenters. The SMILES string of the molecule is C=C1CN2CCC[C@H]2[C@@]12CCOC2=O. The van der Waals surface area contributed by atoms with Gasteiger partial charge in [-0.1, -0.05) is 6.58 Å². The Morgan fingerprint density at radius 2 is 2.43 bits per heavy atom. The Morgan fingerprint density at radius 3 is 3.14 bits per heavy atom. The van der Waals surface area contributed by atoms with Gasteiger partial charge >= 0.3 is 5.97 Å². The van der Waals surface area contributed by atoms with Gasteiger partial charge < -0.3 is 4.74 Å². The molecule has 3 nitrogen and oxygen atoms in total. The number of nitrogens with zero attached hydrogens (tertiary/aromatic N) is 1. The van der Waals surface area contributed by atoms with Crippen molar-refractivity contribution in [1.82, 2.24) is 4.90 Å². The van der Waals surface area contributed by atoms with Crippen LogP contribution in [0.1, 0.15) is 19.3 Å². The van der Waals surface area contributed by atoms with Crippen LogP contribution in [0, 0.1) is 5.41 Å². The first-order valence-corrected chi connectivity index (χ1v) is 5.35. The van der Waals surface area contributed by atoms with Gasteiger partial charge in [-0.05, 0) is 25.0 Å². The molecule has 0 bridgehead atoms. The molecule has 0 amide bonds. The molecule has 3 heterocycles. The quantitative estimate of drug-likeness (QED) is 0.424. The molecule has 14 heavy (non-hydrogen) atoms. The van der Waals surface area contributed by atoms with E-state index in [1.165, 1.54) is 6.42 Å². The summed E-state index contributed by atoms with van der Waals surface area (Å²) in [6.45, 7) is 6.69. The van der Waals surface area contributed by atoms with E-state index in [9.17, 15) is 4.79 Å². The van der Waals surface area contributed by atoms with E-state index in [2.05, 4.69) is 11.5 Å². The van der Waals surface area contributed by atoms with Crippen LogP contribution in [-0.2, 0) is 9.53 Å². The molecule has 3 rings (SSSR count). The fourth-order valence-electron chi connectivity index (χ4n) is 3.35. The molecule has 3 heteroatoms. The van der Waals surface area contributed by atoms with Gasteiger partial charge in [-0.3, -0.25) is 9.69 Å². The number of carbonyl (C=O) groups is 1. The average molecular weight is 193 g/mol. The molecule has 0 N–H and O–H groups in total. The number of esters is 1. The molecular weight excluding hydrogens is 178 g/mol. The van der Waals surface area contributed by atoms with E-state index < -0.39 is 0 Å². The van der Waals surface area contributed by atoms with Gasteiger partial charge in [-0.2, -0.15) is 0 Å². The van der Waals surface area contributed by atoms with Crippen molar-refractivity contribution < 1.29 is 9.53 Å². The lowest BCUT2D eigenvalue weighted by Crippen LogP contribution is -2.39. The van der Waals surface area contributed by atoms with Crippen molar-refractivity contribution in [1.29, 1.82) is 0 Å². The van der Waals surface area contributed by atoms with Gasteiger partial charge in [-0.15, -0.1) is 0 Å². The van der Waals surface area contributed by atoms with E-state index in [-0.39, 0.29) is 11.4 Å². The Morgan fingerprint density at radius 1 is 1.57 bits per heavy atom. The molecule has 2 atom stereocenters. The standard InChI is InChI=1S/C11H15NO2/c1-8-7-12-5-2-3-9(12)11(8)4-6-14-10(11)13/h9H,1-7H2/t9-,11+/m0/s1. The average Bonchev–Trinajstić information content (AvgIpc) is 2.76. The summed E-state index contributed by atoms with van der Waals surface area (Å²) in [5, 5.41) is 0. The summed E-state index contributed by atoms with van der Waals surface area (Å²) >= 11 is 0. The van der Waals surface area contributed by atoms with Crippen molar-refractivity contribution >= 4 is 5.97 Å². The molecule has 0 saturated carbocycles. The third-order valence-electron chi connectivity index (χ3n) is 4.05. The van der Waals surface area contributed by atoms with E-state index in [1.807, 2.05) is 0 Å². The van der Waals surface area contributed by atoms with Crippen LogP contribution in [0.3, 0.4) is 0 Å². The first-order chi connectivity index (χ1) is 6.75. The highest BCUT2D eigenvalue weighted by molar-refractivity contribution is 5.84. The molecule has 1 spiro atoms. The molecule has 0 aromatic heterocycles. The minimum atomic E-state index is -0.323. The smallest absolute Gasteiger partial charge is 0.318 e. The maximum Gasteiger partial charge on any atom is 0.318 e. The van der Waals surface area contributed by atoms with Crippen molar-refractivity contribution in [3.8, 4) is 0 Å². The van der Waals surface area contributed by atoms with Crippen molar-refractivity contribution in [2.45, 2.75) is 25.3 Å². The van der Waals surface area contributed by atoms with Gasteiger partial charge in [0.1, 0.15) is 5.41 Å². The van der Waals surface area contributed by atoms with Crippen LogP contribution < -0.4 is 0 Å². The molecule has 0 aromatic carbocycles. The van der Waals surface area contributed by atoms with Crippen molar-refractivity contribution in [3.63, 3.8) is 0 Å². The van der Waals surface area contributed by atoms with E-state index in [1.54, 1.807) is 0 Å². The van der Waals surface area contributed by atoms with E-state index in [4.69, 9.17) is 4.74 Å². The van der Waals surface area contributed by atoms with Gasteiger partial charge in [0.05, 0.1) is 6.61 Å². The molecule has 0 radical (unpaired) electrons. The lowest BCUT2D eigenvalue weighted by molar-refractivity contribution is -0.145. The number of hydrogen-bond donors (Lipinski definition) is 0. The molecule has 3 aliphatic heterocycles. The minimum absolute atomic E-state index is 0.0168. The first-order valence-electron chi connectivity index (χ1n) is 5.35. The summed E-state index contributed by atoms with van der Waals surface area (Å²) in [4.78, 5) is 14.2. The lowest BCUT2D eigenvalue weighted by Gasteiger charge is -2.26. The second-order valence-electron chi connectivity index (χ2n) is 4.59. The fourth-order valence-corrected chi connectivity index (χ4v) is 3.35. The zero-order valence-electron chi connectivity index (χ0n) is 8.29. The molecule has 0 aromatic rings. The Hall–Kier alpha value is -0.830. The Bertz CT molecular complexity index is 312. The van der Waals surface area contributed by atoms with Crippen LogP contribution in [0.4, 0.5) is 0 Å².